The summed E-state index contributed by atoms with van der Waals surface area (Å²) in [5.41, 5.74) is 7.38. The van der Waals surface area contributed by atoms with Crippen LogP contribution in [0.15, 0.2) is 58.8 Å². The highest BCUT2D eigenvalue weighted by Crippen LogP contribution is 2.36. The van der Waals surface area contributed by atoms with Crippen LogP contribution in [0.3, 0.4) is 0 Å². The monoisotopic (exact) mass is 546 g/mol. The van der Waals surface area contributed by atoms with Gasteiger partial charge in [-0.05, 0) is 38.9 Å². The average molecular weight is 548 g/mol. The number of hydrogen-bond acceptors (Lipinski definition) is 6. The van der Waals surface area contributed by atoms with Crippen LogP contribution in [0.4, 0.5) is 0 Å². The van der Waals surface area contributed by atoms with Crippen molar-refractivity contribution >= 4 is 40.9 Å². The van der Waals surface area contributed by atoms with Gasteiger partial charge in [-0.1, -0.05) is 48.5 Å². The molecule has 1 aromatic carbocycles. The summed E-state index contributed by atoms with van der Waals surface area (Å²) in [5.74, 6) is 0.355. The fourth-order valence-electron chi connectivity index (χ4n) is 5.09. The highest BCUT2D eigenvalue weighted by molar-refractivity contribution is 6.35. The van der Waals surface area contributed by atoms with Gasteiger partial charge < -0.3 is 15.4 Å². The van der Waals surface area contributed by atoms with Crippen LogP contribution in [-0.4, -0.2) is 65.2 Å². The number of amidine groups is 1. The Balaban J connectivity index is 1.69. The number of carbonyl (C=O) groups excluding carboxylic acids is 2. The van der Waals surface area contributed by atoms with Gasteiger partial charge in [0.2, 0.25) is 11.7 Å². The summed E-state index contributed by atoms with van der Waals surface area (Å²) in [6.07, 6.45) is 11.1. The van der Waals surface area contributed by atoms with E-state index in [1.807, 2.05) is 20.2 Å². The Morgan fingerprint density at radius 2 is 1.84 bits per heavy atom. The number of fused-ring (bicyclic) bond motifs is 1. The zero-order valence-corrected chi connectivity index (χ0v) is 23.1. The molecule has 1 aromatic rings. The van der Waals surface area contributed by atoms with Crippen molar-refractivity contribution in [2.75, 3.05) is 27.2 Å². The SMILES string of the molecule is CC1=C[N+]2(C(=O)CN(C)C3CCCCC3)C=CC(N(C)C(=O)CN)=C(OCc3c(Cl)cccc3Cl)C2=N1. The predicted molar refractivity (Wildman–Crippen MR) is 145 cm³/mol. The Labute approximate surface area is 228 Å². The minimum absolute atomic E-state index is 0.0318. The van der Waals surface area contributed by atoms with Crippen LogP contribution < -0.4 is 5.73 Å². The fraction of sp³-hybridized carbons (Fsp3) is 0.444. The first-order valence-corrected chi connectivity index (χ1v) is 13.3. The molecule has 8 nitrogen and oxygen atoms in total. The summed E-state index contributed by atoms with van der Waals surface area (Å²) in [6.45, 7) is 1.96. The van der Waals surface area contributed by atoms with E-state index in [0.717, 1.165) is 12.8 Å². The largest absolute Gasteiger partial charge is 0.480 e. The van der Waals surface area contributed by atoms with Gasteiger partial charge in [-0.15, -0.1) is 0 Å². The number of nitrogens with two attached hydrogens (primary N) is 1. The molecule has 1 aliphatic carbocycles. The second-order valence-electron chi connectivity index (χ2n) is 9.76. The van der Waals surface area contributed by atoms with Crippen LogP contribution in [0.1, 0.15) is 44.6 Å². The lowest BCUT2D eigenvalue weighted by molar-refractivity contribution is -0.646. The first-order chi connectivity index (χ1) is 17.7. The van der Waals surface area contributed by atoms with E-state index in [-0.39, 0.29) is 36.0 Å². The lowest BCUT2D eigenvalue weighted by Crippen LogP contribution is -2.54. The summed E-state index contributed by atoms with van der Waals surface area (Å²) in [4.78, 5) is 34.7. The summed E-state index contributed by atoms with van der Waals surface area (Å²) < 4.78 is 6.08. The molecule has 198 valence electrons. The van der Waals surface area contributed by atoms with E-state index in [0.29, 0.717) is 44.6 Å². The molecular weight excluding hydrogens is 513 g/mol. The van der Waals surface area contributed by atoms with E-state index in [9.17, 15) is 9.59 Å². The number of ether oxygens (including phenoxy) is 1. The third-order valence-corrected chi connectivity index (χ3v) is 7.96. The molecule has 1 fully saturated rings. The van der Waals surface area contributed by atoms with Gasteiger partial charge in [0.15, 0.2) is 0 Å². The number of quaternary nitrogens is 1. The van der Waals surface area contributed by atoms with E-state index in [1.165, 1.54) is 24.2 Å². The third kappa shape index (κ3) is 5.54. The molecule has 2 N–H and O–H groups in total. The van der Waals surface area contributed by atoms with E-state index < -0.39 is 0 Å². The van der Waals surface area contributed by atoms with Gasteiger partial charge in [-0.2, -0.15) is 9.48 Å². The van der Waals surface area contributed by atoms with Crippen LogP contribution in [0.25, 0.3) is 0 Å². The zero-order valence-electron chi connectivity index (χ0n) is 21.5. The second-order valence-corrected chi connectivity index (χ2v) is 10.6. The molecule has 2 heterocycles. The van der Waals surface area contributed by atoms with Crippen molar-refractivity contribution in [3.05, 3.63) is 69.4 Å². The number of hydrogen-bond donors (Lipinski definition) is 1. The molecule has 2 amide bonds. The minimum atomic E-state index is -0.303. The van der Waals surface area contributed by atoms with Crippen LogP contribution in [0.2, 0.25) is 10.0 Å². The first kappa shape index (κ1) is 27.5. The van der Waals surface area contributed by atoms with Crippen molar-refractivity contribution in [3.63, 3.8) is 0 Å². The maximum absolute atomic E-state index is 13.9. The van der Waals surface area contributed by atoms with Crippen LogP contribution in [-0.2, 0) is 20.9 Å². The smallest absolute Gasteiger partial charge is 0.343 e. The summed E-state index contributed by atoms with van der Waals surface area (Å²) in [6, 6.07) is 5.61. The quantitative estimate of drug-likeness (QED) is 0.483. The van der Waals surface area contributed by atoms with Gasteiger partial charge in [0.25, 0.3) is 5.84 Å². The number of aliphatic imine (C=N–C) groups is 1. The number of likely N-dealkylation sites (N-methyl/N-ethyl adjacent to an activating group) is 2. The number of nitrogens with zero attached hydrogens (tertiary/aromatic N) is 4. The molecule has 4 rings (SSSR count). The second kappa shape index (κ2) is 11.5. The molecule has 0 radical (unpaired) electrons. The highest BCUT2D eigenvalue weighted by Gasteiger charge is 2.50. The summed E-state index contributed by atoms with van der Waals surface area (Å²) in [7, 11) is 3.63. The Morgan fingerprint density at radius 1 is 1.16 bits per heavy atom. The van der Waals surface area contributed by atoms with Crippen molar-refractivity contribution in [1.82, 2.24) is 9.80 Å². The van der Waals surface area contributed by atoms with E-state index in [1.54, 1.807) is 37.5 Å². The first-order valence-electron chi connectivity index (χ1n) is 12.5. The molecule has 3 aliphatic rings. The van der Waals surface area contributed by atoms with Crippen molar-refractivity contribution in [2.45, 2.75) is 51.7 Å². The van der Waals surface area contributed by atoms with Gasteiger partial charge in [-0.25, -0.2) is 4.79 Å². The molecule has 10 heteroatoms. The Kier molecular flexibility index (Phi) is 8.56. The van der Waals surface area contributed by atoms with Crippen LogP contribution in [0.5, 0.6) is 0 Å². The topological polar surface area (TPSA) is 88.2 Å². The standard InChI is InChI=1S/C27H34Cl2N5O3/c1-18-16-34(25(36)15-32(2)19-8-5-4-6-9-19)13-12-23(33(3)24(35)14-30)26(27(34)31-18)37-17-20-21(28)10-7-11-22(20)29/h7,10-13,16,19H,4-6,8-9,14-15,17,30H2,1-3H3/q+1. The normalized spacial score (nSPS) is 21.6. The molecule has 0 aromatic heterocycles. The lowest BCUT2D eigenvalue weighted by atomic mass is 9.94. The Hall–Kier alpha value is -2.49. The van der Waals surface area contributed by atoms with Gasteiger partial charge in [0, 0.05) is 34.8 Å². The predicted octanol–water partition coefficient (Wildman–Crippen LogP) is 4.55. The maximum Gasteiger partial charge on any atom is 0.343 e. The van der Waals surface area contributed by atoms with Crippen molar-refractivity contribution in [2.24, 2.45) is 10.7 Å². The minimum Gasteiger partial charge on any atom is -0.480 e. The number of allylic oxidation sites excluding steroid dienone is 2. The molecule has 1 unspecified atom stereocenters. The Bertz CT molecular complexity index is 1180. The molecule has 1 saturated carbocycles. The van der Waals surface area contributed by atoms with Crippen molar-refractivity contribution < 1.29 is 18.8 Å². The summed E-state index contributed by atoms with van der Waals surface area (Å²) in [5, 5.41) is 0.919. The number of halogens is 2. The van der Waals surface area contributed by atoms with Crippen LogP contribution in [0, 0.1) is 0 Å². The van der Waals surface area contributed by atoms with Crippen molar-refractivity contribution in [1.29, 1.82) is 0 Å². The van der Waals surface area contributed by atoms with Gasteiger partial charge in [-0.3, -0.25) is 9.69 Å². The van der Waals surface area contributed by atoms with Gasteiger partial charge in [0.05, 0.1) is 17.9 Å². The summed E-state index contributed by atoms with van der Waals surface area (Å²) >= 11 is 12.8. The van der Waals surface area contributed by atoms with Crippen LogP contribution >= 0.6 is 23.2 Å². The van der Waals surface area contributed by atoms with E-state index in [2.05, 4.69) is 4.90 Å². The molecule has 0 spiro atoms. The van der Waals surface area contributed by atoms with E-state index >= 15 is 0 Å². The van der Waals surface area contributed by atoms with Gasteiger partial charge >= 0.3 is 5.91 Å². The Morgan fingerprint density at radius 3 is 2.49 bits per heavy atom. The van der Waals surface area contributed by atoms with Crippen molar-refractivity contribution in [3.8, 4) is 0 Å². The number of benzene rings is 1. The average Bonchev–Trinajstić information content (AvgIpc) is 3.25. The van der Waals surface area contributed by atoms with Gasteiger partial charge in [0.1, 0.15) is 25.6 Å². The molecule has 0 saturated heterocycles. The molecule has 2 aliphatic heterocycles. The molecule has 1 atom stereocenters. The number of amides is 2. The maximum atomic E-state index is 13.9. The molecular formula is C27H34Cl2N5O3+. The number of carbonyl (C=O) groups is 2. The highest BCUT2D eigenvalue weighted by atomic mass is 35.5. The van der Waals surface area contributed by atoms with E-state index in [4.69, 9.17) is 38.7 Å². The third-order valence-electron chi connectivity index (χ3n) is 7.25. The molecule has 37 heavy (non-hydrogen) atoms. The fourth-order valence-corrected chi connectivity index (χ4v) is 5.59. The lowest BCUT2D eigenvalue weighted by Gasteiger charge is -2.35. The molecule has 0 bridgehead atoms. The zero-order chi connectivity index (χ0) is 26.7. The number of rotatable bonds is 8.